The van der Waals surface area contributed by atoms with E-state index in [2.05, 4.69) is 28.1 Å². The maximum absolute atomic E-state index is 11.2. The summed E-state index contributed by atoms with van der Waals surface area (Å²) in [5.41, 5.74) is 5.74. The van der Waals surface area contributed by atoms with Gasteiger partial charge in [0.2, 0.25) is 5.91 Å². The second-order valence-electron chi connectivity index (χ2n) is 4.32. The van der Waals surface area contributed by atoms with Crippen LogP contribution in [0.5, 0.6) is 0 Å². The Morgan fingerprint density at radius 2 is 2.33 bits per heavy atom. The molecule has 1 amide bonds. The van der Waals surface area contributed by atoms with E-state index in [1.165, 1.54) is 0 Å². The molecule has 92 valence electrons. The summed E-state index contributed by atoms with van der Waals surface area (Å²) in [7, 11) is 0. The summed E-state index contributed by atoms with van der Waals surface area (Å²) in [6.45, 7) is 1.98. The highest BCUT2D eigenvalue weighted by atomic mass is 32.1. The molecule has 0 radical (unpaired) electrons. The van der Waals surface area contributed by atoms with E-state index in [0.29, 0.717) is 17.2 Å². The predicted octanol–water partition coefficient (Wildman–Crippen LogP) is 1.98. The molecular weight excluding hydrogens is 250 g/mol. The molecule has 0 saturated heterocycles. The third kappa shape index (κ3) is 1.88. The van der Waals surface area contributed by atoms with Crippen LogP contribution in [0.15, 0.2) is 32.9 Å². The number of amides is 1. The number of carbonyl (C=O) groups is 1. The number of nitrogens with zero attached hydrogens (tertiary/aromatic N) is 2. The normalized spacial score (nSPS) is 19.8. The first kappa shape index (κ1) is 11.3. The van der Waals surface area contributed by atoms with Gasteiger partial charge in [0.05, 0.1) is 5.71 Å². The number of benzene rings is 1. The van der Waals surface area contributed by atoms with Crippen molar-refractivity contribution in [3.63, 3.8) is 0 Å². The molecule has 6 heteroatoms. The maximum Gasteiger partial charge on any atom is 0.253 e. The molecule has 2 heterocycles. The topological polar surface area (TPSA) is 67.5 Å². The van der Waals surface area contributed by atoms with Gasteiger partial charge in [0.15, 0.2) is 5.58 Å². The number of rotatable bonds is 1. The molecule has 1 atom stereocenters. The first-order valence-electron chi connectivity index (χ1n) is 5.60. The van der Waals surface area contributed by atoms with Gasteiger partial charge in [-0.05, 0) is 18.2 Å². The Hall–Kier alpha value is -1.82. The van der Waals surface area contributed by atoms with Gasteiger partial charge >= 0.3 is 0 Å². The average Bonchev–Trinajstić information content (AvgIpc) is 2.68. The van der Waals surface area contributed by atoms with Crippen LogP contribution in [0.1, 0.15) is 18.9 Å². The van der Waals surface area contributed by atoms with Gasteiger partial charge in [-0.15, -0.1) is 0 Å². The van der Waals surface area contributed by atoms with Crippen LogP contribution < -0.4 is 5.43 Å². The van der Waals surface area contributed by atoms with E-state index in [0.717, 1.165) is 16.8 Å². The van der Waals surface area contributed by atoms with Crippen molar-refractivity contribution in [1.82, 2.24) is 10.4 Å². The highest BCUT2D eigenvalue weighted by molar-refractivity contribution is 7.80. The summed E-state index contributed by atoms with van der Waals surface area (Å²) in [4.78, 5) is 15.4. The smallest absolute Gasteiger partial charge is 0.253 e. The van der Waals surface area contributed by atoms with Gasteiger partial charge < -0.3 is 4.42 Å². The molecule has 0 fully saturated rings. The molecule has 1 aromatic heterocycles. The zero-order valence-corrected chi connectivity index (χ0v) is 10.6. The summed E-state index contributed by atoms with van der Waals surface area (Å²) < 4.78 is 5.30. The second-order valence-corrected chi connectivity index (χ2v) is 4.70. The van der Waals surface area contributed by atoms with Crippen molar-refractivity contribution in [3.05, 3.63) is 23.8 Å². The van der Waals surface area contributed by atoms with E-state index >= 15 is 0 Å². The number of hydrogen-bond acceptors (Lipinski definition) is 5. The lowest BCUT2D eigenvalue weighted by Gasteiger charge is -2.18. The Balaban J connectivity index is 2.06. The number of fused-ring (bicyclic) bond motifs is 1. The molecule has 1 aliphatic heterocycles. The van der Waals surface area contributed by atoms with Crippen molar-refractivity contribution in [3.8, 4) is 0 Å². The Kier molecular flexibility index (Phi) is 2.59. The first-order valence-corrected chi connectivity index (χ1v) is 6.04. The van der Waals surface area contributed by atoms with Crippen LogP contribution in [0.25, 0.3) is 11.1 Å². The molecule has 1 aromatic carbocycles. The molecule has 18 heavy (non-hydrogen) atoms. The minimum Gasteiger partial charge on any atom is -0.432 e. The van der Waals surface area contributed by atoms with Crippen molar-refractivity contribution in [1.29, 1.82) is 0 Å². The van der Waals surface area contributed by atoms with Gasteiger partial charge in [0, 0.05) is 17.9 Å². The van der Waals surface area contributed by atoms with Crippen molar-refractivity contribution in [2.24, 2.45) is 11.0 Å². The van der Waals surface area contributed by atoms with E-state index in [4.69, 9.17) is 4.42 Å². The van der Waals surface area contributed by atoms with Crippen LogP contribution in [0.4, 0.5) is 0 Å². The average molecular weight is 261 g/mol. The third-order valence-electron chi connectivity index (χ3n) is 2.93. The fourth-order valence-electron chi connectivity index (χ4n) is 2.08. The zero-order valence-electron chi connectivity index (χ0n) is 9.67. The molecule has 1 aliphatic rings. The summed E-state index contributed by atoms with van der Waals surface area (Å²) in [5, 5.41) is 4.46. The van der Waals surface area contributed by atoms with Crippen molar-refractivity contribution in [2.75, 3.05) is 0 Å². The summed E-state index contributed by atoms with van der Waals surface area (Å²) in [5.74, 6) is 0.0463. The number of oxazole rings is 1. The van der Waals surface area contributed by atoms with Gasteiger partial charge in [-0.2, -0.15) is 5.10 Å². The Morgan fingerprint density at radius 3 is 3.11 bits per heavy atom. The summed E-state index contributed by atoms with van der Waals surface area (Å²) >= 11 is 4.07. The van der Waals surface area contributed by atoms with Gasteiger partial charge in [0.1, 0.15) is 5.52 Å². The molecule has 0 spiro atoms. The fraction of sp³-hybridized carbons (Fsp3) is 0.250. The highest BCUT2D eigenvalue weighted by Crippen LogP contribution is 2.22. The minimum atomic E-state index is -0.0496. The third-order valence-corrected chi connectivity index (χ3v) is 3.12. The fourth-order valence-corrected chi connectivity index (χ4v) is 2.28. The lowest BCUT2D eigenvalue weighted by atomic mass is 9.94. The Labute approximate surface area is 109 Å². The van der Waals surface area contributed by atoms with Gasteiger partial charge in [-0.3, -0.25) is 4.79 Å². The van der Waals surface area contributed by atoms with E-state index < -0.39 is 0 Å². The zero-order chi connectivity index (χ0) is 12.7. The minimum absolute atomic E-state index is 0.0496. The lowest BCUT2D eigenvalue weighted by Crippen LogP contribution is -2.31. The quantitative estimate of drug-likeness (QED) is 0.771. The Morgan fingerprint density at radius 1 is 1.50 bits per heavy atom. The summed E-state index contributed by atoms with van der Waals surface area (Å²) in [6.07, 6.45) is 0.452. The van der Waals surface area contributed by atoms with Crippen LogP contribution >= 0.6 is 12.6 Å². The van der Waals surface area contributed by atoms with Crippen LogP contribution in [0, 0.1) is 5.92 Å². The number of nitrogens with one attached hydrogen (secondary N) is 1. The van der Waals surface area contributed by atoms with Gasteiger partial charge in [0.25, 0.3) is 5.22 Å². The number of aromatic nitrogens is 1. The lowest BCUT2D eigenvalue weighted by molar-refractivity contribution is -0.121. The second kappa shape index (κ2) is 4.13. The van der Waals surface area contributed by atoms with E-state index in [1.807, 2.05) is 25.1 Å². The summed E-state index contributed by atoms with van der Waals surface area (Å²) in [6, 6.07) is 5.64. The maximum atomic E-state index is 11.2. The van der Waals surface area contributed by atoms with Crippen molar-refractivity contribution in [2.45, 2.75) is 18.6 Å². The van der Waals surface area contributed by atoms with E-state index in [9.17, 15) is 4.79 Å². The Bertz CT molecular complexity index is 662. The standard InChI is InChI=1S/C12H11N3O2S/c1-6-4-10(16)14-15-11(6)7-2-3-9-8(5-7)13-12(18)17-9/h2-3,5-6H,4H2,1H3,(H,13,18)(H,14,16). The molecule has 2 aromatic rings. The number of carbonyl (C=O) groups excluding carboxylic acids is 1. The van der Waals surface area contributed by atoms with Crippen LogP contribution in [-0.2, 0) is 4.79 Å². The number of thiol groups is 1. The molecule has 0 saturated carbocycles. The molecule has 0 aliphatic carbocycles. The first-order chi connectivity index (χ1) is 8.63. The SMILES string of the molecule is CC1CC(=O)NN=C1c1ccc2oc(S)nc2c1. The van der Waals surface area contributed by atoms with Crippen molar-refractivity contribution >= 4 is 35.3 Å². The largest absolute Gasteiger partial charge is 0.432 e. The molecule has 0 bridgehead atoms. The van der Waals surface area contributed by atoms with Crippen LogP contribution in [0.2, 0.25) is 0 Å². The van der Waals surface area contributed by atoms with Crippen LogP contribution in [-0.4, -0.2) is 16.6 Å². The number of hydrogen-bond donors (Lipinski definition) is 2. The van der Waals surface area contributed by atoms with Gasteiger partial charge in [-0.25, -0.2) is 10.4 Å². The predicted molar refractivity (Wildman–Crippen MR) is 69.7 cm³/mol. The van der Waals surface area contributed by atoms with Gasteiger partial charge in [-0.1, -0.05) is 19.6 Å². The number of hydrazone groups is 1. The molecule has 1 unspecified atom stereocenters. The molecule has 3 rings (SSSR count). The van der Waals surface area contributed by atoms with E-state index in [-0.39, 0.29) is 11.8 Å². The van der Waals surface area contributed by atoms with E-state index in [1.54, 1.807) is 0 Å². The molecular formula is C12H11N3O2S. The van der Waals surface area contributed by atoms with Crippen LogP contribution in [0.3, 0.4) is 0 Å². The van der Waals surface area contributed by atoms with Crippen molar-refractivity contribution < 1.29 is 9.21 Å². The monoisotopic (exact) mass is 261 g/mol. The molecule has 5 nitrogen and oxygen atoms in total. The molecule has 1 N–H and O–H groups in total. The highest BCUT2D eigenvalue weighted by Gasteiger charge is 2.22.